The SMILES string of the molecule is CCCCn1ccc2cccc(C)c21. The van der Waals surface area contributed by atoms with Crippen LogP contribution in [0.3, 0.4) is 0 Å². The highest BCUT2D eigenvalue weighted by atomic mass is 14.9. The molecular formula is C13H17N. The van der Waals surface area contributed by atoms with Crippen LogP contribution in [-0.2, 0) is 6.54 Å². The van der Waals surface area contributed by atoms with Crippen LogP contribution in [0.25, 0.3) is 10.9 Å². The van der Waals surface area contributed by atoms with Crippen LogP contribution in [0.2, 0.25) is 0 Å². The van der Waals surface area contributed by atoms with E-state index >= 15 is 0 Å². The van der Waals surface area contributed by atoms with E-state index in [0.29, 0.717) is 0 Å². The zero-order valence-electron chi connectivity index (χ0n) is 8.96. The maximum Gasteiger partial charge on any atom is 0.0509 e. The second kappa shape index (κ2) is 3.87. The van der Waals surface area contributed by atoms with Gasteiger partial charge < -0.3 is 4.57 Å². The Hall–Kier alpha value is -1.24. The van der Waals surface area contributed by atoms with E-state index in [-0.39, 0.29) is 0 Å². The van der Waals surface area contributed by atoms with Crippen molar-refractivity contribution in [1.29, 1.82) is 0 Å². The van der Waals surface area contributed by atoms with Crippen molar-refractivity contribution in [3.63, 3.8) is 0 Å². The van der Waals surface area contributed by atoms with Gasteiger partial charge in [0, 0.05) is 12.7 Å². The lowest BCUT2D eigenvalue weighted by Crippen LogP contribution is -1.96. The quantitative estimate of drug-likeness (QED) is 0.689. The number of hydrogen-bond acceptors (Lipinski definition) is 0. The summed E-state index contributed by atoms with van der Waals surface area (Å²) < 4.78 is 2.37. The molecule has 1 heteroatoms. The van der Waals surface area contributed by atoms with Gasteiger partial charge in [0.15, 0.2) is 0 Å². The molecule has 0 aliphatic heterocycles. The molecule has 0 saturated heterocycles. The summed E-state index contributed by atoms with van der Waals surface area (Å²) in [7, 11) is 0. The summed E-state index contributed by atoms with van der Waals surface area (Å²) in [5.41, 5.74) is 2.78. The monoisotopic (exact) mass is 187 g/mol. The van der Waals surface area contributed by atoms with Crippen LogP contribution in [0.1, 0.15) is 25.3 Å². The fraction of sp³-hybridized carbons (Fsp3) is 0.385. The molecular weight excluding hydrogens is 170 g/mol. The third kappa shape index (κ3) is 1.54. The maximum absolute atomic E-state index is 2.37. The molecule has 0 bridgehead atoms. The van der Waals surface area contributed by atoms with Gasteiger partial charge in [-0.05, 0) is 30.4 Å². The van der Waals surface area contributed by atoms with Gasteiger partial charge in [-0.25, -0.2) is 0 Å². The zero-order valence-corrected chi connectivity index (χ0v) is 8.96. The van der Waals surface area contributed by atoms with Gasteiger partial charge in [-0.15, -0.1) is 0 Å². The van der Waals surface area contributed by atoms with Crippen LogP contribution in [-0.4, -0.2) is 4.57 Å². The minimum absolute atomic E-state index is 1.14. The predicted molar refractivity (Wildman–Crippen MR) is 61.6 cm³/mol. The van der Waals surface area contributed by atoms with Crippen molar-refractivity contribution >= 4 is 10.9 Å². The Bertz CT molecular complexity index is 426. The fourth-order valence-corrected chi connectivity index (χ4v) is 1.97. The summed E-state index contributed by atoms with van der Waals surface area (Å²) in [6, 6.07) is 8.70. The van der Waals surface area contributed by atoms with Gasteiger partial charge >= 0.3 is 0 Å². The Morgan fingerprint density at radius 3 is 2.86 bits per heavy atom. The lowest BCUT2D eigenvalue weighted by atomic mass is 10.2. The van der Waals surface area contributed by atoms with Gasteiger partial charge in [0.2, 0.25) is 0 Å². The first-order valence-corrected chi connectivity index (χ1v) is 5.37. The summed E-state index contributed by atoms with van der Waals surface area (Å²) in [5.74, 6) is 0. The summed E-state index contributed by atoms with van der Waals surface area (Å²) in [5, 5.41) is 1.36. The minimum Gasteiger partial charge on any atom is -0.347 e. The highest BCUT2D eigenvalue weighted by molar-refractivity contribution is 5.83. The lowest BCUT2D eigenvalue weighted by Gasteiger charge is -2.06. The van der Waals surface area contributed by atoms with Crippen LogP contribution in [0.5, 0.6) is 0 Å². The smallest absolute Gasteiger partial charge is 0.0509 e. The highest BCUT2D eigenvalue weighted by Gasteiger charge is 2.01. The van der Waals surface area contributed by atoms with Crippen molar-refractivity contribution < 1.29 is 0 Å². The van der Waals surface area contributed by atoms with E-state index in [9.17, 15) is 0 Å². The molecule has 1 nitrogen and oxygen atoms in total. The second-order valence-electron chi connectivity index (χ2n) is 3.88. The van der Waals surface area contributed by atoms with Crippen LogP contribution in [0.4, 0.5) is 0 Å². The number of nitrogens with zero attached hydrogens (tertiary/aromatic N) is 1. The van der Waals surface area contributed by atoms with Crippen molar-refractivity contribution in [2.45, 2.75) is 33.2 Å². The van der Waals surface area contributed by atoms with Gasteiger partial charge in [0.05, 0.1) is 5.52 Å². The molecule has 0 radical (unpaired) electrons. The first-order valence-electron chi connectivity index (χ1n) is 5.37. The molecule has 0 fully saturated rings. The summed E-state index contributed by atoms with van der Waals surface area (Å²) >= 11 is 0. The molecule has 2 rings (SSSR count). The van der Waals surface area contributed by atoms with Crippen LogP contribution in [0.15, 0.2) is 30.5 Å². The molecule has 14 heavy (non-hydrogen) atoms. The van der Waals surface area contributed by atoms with Crippen LogP contribution < -0.4 is 0 Å². The Kier molecular flexibility index (Phi) is 2.58. The molecule has 1 aromatic carbocycles. The predicted octanol–water partition coefficient (Wildman–Crippen LogP) is 3.75. The van der Waals surface area contributed by atoms with Gasteiger partial charge in [0.25, 0.3) is 0 Å². The maximum atomic E-state index is 2.37. The molecule has 0 saturated carbocycles. The number of unbranched alkanes of at least 4 members (excludes halogenated alkanes) is 1. The minimum atomic E-state index is 1.14. The van der Waals surface area contributed by atoms with Crippen molar-refractivity contribution in [3.05, 3.63) is 36.0 Å². The summed E-state index contributed by atoms with van der Waals surface area (Å²) in [6.07, 6.45) is 4.72. The van der Waals surface area contributed by atoms with Gasteiger partial charge in [0.1, 0.15) is 0 Å². The number of benzene rings is 1. The van der Waals surface area contributed by atoms with E-state index in [1.807, 2.05) is 0 Å². The number of para-hydroxylation sites is 1. The molecule has 0 unspecified atom stereocenters. The number of fused-ring (bicyclic) bond motifs is 1. The number of hydrogen-bond donors (Lipinski definition) is 0. The molecule has 1 heterocycles. The van der Waals surface area contributed by atoms with Crippen molar-refractivity contribution in [1.82, 2.24) is 4.57 Å². The molecule has 1 aromatic heterocycles. The third-order valence-electron chi connectivity index (χ3n) is 2.74. The molecule has 2 aromatic rings. The summed E-state index contributed by atoms with van der Waals surface area (Å²) in [6.45, 7) is 5.56. The first kappa shape index (κ1) is 9.32. The summed E-state index contributed by atoms with van der Waals surface area (Å²) in [4.78, 5) is 0. The highest BCUT2D eigenvalue weighted by Crippen LogP contribution is 2.19. The molecule has 0 spiro atoms. The van der Waals surface area contributed by atoms with Crippen molar-refractivity contribution in [2.75, 3.05) is 0 Å². The van der Waals surface area contributed by atoms with E-state index in [1.165, 1.54) is 29.3 Å². The van der Waals surface area contributed by atoms with Crippen molar-refractivity contribution in [2.24, 2.45) is 0 Å². The van der Waals surface area contributed by atoms with E-state index in [0.717, 1.165) is 6.54 Å². The Labute approximate surface area is 85.4 Å². The Balaban J connectivity index is 2.45. The normalized spacial score (nSPS) is 11.0. The van der Waals surface area contributed by atoms with Crippen molar-refractivity contribution in [3.8, 4) is 0 Å². The van der Waals surface area contributed by atoms with E-state index in [4.69, 9.17) is 0 Å². The zero-order chi connectivity index (χ0) is 9.97. The van der Waals surface area contributed by atoms with E-state index in [1.54, 1.807) is 0 Å². The topological polar surface area (TPSA) is 4.93 Å². The Morgan fingerprint density at radius 1 is 1.21 bits per heavy atom. The third-order valence-corrected chi connectivity index (χ3v) is 2.74. The standard InChI is InChI=1S/C13H17N/c1-3-4-9-14-10-8-12-7-5-6-11(2)13(12)14/h5-8,10H,3-4,9H2,1-2H3. The first-order chi connectivity index (χ1) is 6.83. The number of rotatable bonds is 3. The average molecular weight is 187 g/mol. The lowest BCUT2D eigenvalue weighted by molar-refractivity contribution is 0.649. The average Bonchev–Trinajstić information content (AvgIpc) is 2.59. The fourth-order valence-electron chi connectivity index (χ4n) is 1.97. The molecule has 0 aliphatic rings. The van der Waals surface area contributed by atoms with Crippen LogP contribution in [0, 0.1) is 6.92 Å². The molecule has 74 valence electrons. The second-order valence-corrected chi connectivity index (χ2v) is 3.88. The largest absolute Gasteiger partial charge is 0.347 e. The molecule has 0 atom stereocenters. The van der Waals surface area contributed by atoms with Crippen LogP contribution >= 0.6 is 0 Å². The number of aryl methyl sites for hydroxylation is 2. The van der Waals surface area contributed by atoms with Gasteiger partial charge in [-0.2, -0.15) is 0 Å². The van der Waals surface area contributed by atoms with Gasteiger partial charge in [-0.3, -0.25) is 0 Å². The molecule has 0 amide bonds. The molecule has 0 N–H and O–H groups in total. The van der Waals surface area contributed by atoms with Gasteiger partial charge in [-0.1, -0.05) is 31.5 Å². The number of aromatic nitrogens is 1. The van der Waals surface area contributed by atoms with E-state index < -0.39 is 0 Å². The molecule has 0 aliphatic carbocycles. The van der Waals surface area contributed by atoms with E-state index in [2.05, 4.69) is 48.9 Å². The Morgan fingerprint density at radius 2 is 2.07 bits per heavy atom.